The second-order valence-electron chi connectivity index (χ2n) is 5.99. The second kappa shape index (κ2) is 8.12. The molecule has 3 rings (SSSR count). The first kappa shape index (κ1) is 17.4. The summed E-state index contributed by atoms with van der Waals surface area (Å²) in [6, 6.07) is 23.6. The van der Waals surface area contributed by atoms with E-state index < -0.39 is 4.92 Å². The summed E-state index contributed by atoms with van der Waals surface area (Å²) in [5, 5.41) is 10.7. The zero-order valence-electron chi connectivity index (χ0n) is 14.5. The molecular weight excluding hydrogens is 326 g/mol. The maximum atomic E-state index is 10.7. The van der Waals surface area contributed by atoms with Crippen molar-refractivity contribution in [2.24, 2.45) is 0 Å². The van der Waals surface area contributed by atoms with Gasteiger partial charge in [-0.3, -0.25) is 10.1 Å². The van der Waals surface area contributed by atoms with Crippen LogP contribution in [0.4, 0.5) is 0 Å². The number of benzene rings is 3. The number of rotatable bonds is 6. The zero-order valence-corrected chi connectivity index (χ0v) is 14.5. The van der Waals surface area contributed by atoms with Crippen molar-refractivity contribution in [2.45, 2.75) is 13.5 Å². The molecule has 0 aliphatic rings. The van der Waals surface area contributed by atoms with Crippen molar-refractivity contribution in [3.05, 3.63) is 106 Å². The summed E-state index contributed by atoms with van der Waals surface area (Å²) >= 11 is 0. The van der Waals surface area contributed by atoms with Crippen LogP contribution in [0.25, 0.3) is 17.2 Å². The van der Waals surface area contributed by atoms with E-state index in [2.05, 4.69) is 6.07 Å². The van der Waals surface area contributed by atoms with Crippen LogP contribution < -0.4 is 4.74 Å². The standard InChI is InChI=1S/C22H19NO3/c1-17-6-5-9-20(14-17)22-15-21(11-10-19(22)12-13-23(24)25)26-16-18-7-3-2-4-8-18/h2-15H,16H2,1H3. The first-order chi connectivity index (χ1) is 12.6. The van der Waals surface area contributed by atoms with Crippen LogP contribution >= 0.6 is 0 Å². The lowest BCUT2D eigenvalue weighted by Crippen LogP contribution is -1.96. The Bertz CT molecular complexity index is 933. The third-order valence-corrected chi connectivity index (χ3v) is 3.98. The van der Waals surface area contributed by atoms with Crippen LogP contribution in [0.15, 0.2) is 79.0 Å². The Morgan fingerprint density at radius 3 is 2.54 bits per heavy atom. The van der Waals surface area contributed by atoms with Gasteiger partial charge in [0.1, 0.15) is 12.4 Å². The molecule has 0 atom stereocenters. The fourth-order valence-electron chi connectivity index (χ4n) is 2.72. The number of hydrogen-bond acceptors (Lipinski definition) is 3. The van der Waals surface area contributed by atoms with E-state index in [1.807, 2.05) is 73.7 Å². The first-order valence-corrected chi connectivity index (χ1v) is 8.31. The van der Waals surface area contributed by atoms with E-state index in [-0.39, 0.29) is 0 Å². The molecule has 0 aliphatic heterocycles. The molecule has 0 N–H and O–H groups in total. The predicted molar refractivity (Wildman–Crippen MR) is 103 cm³/mol. The highest BCUT2D eigenvalue weighted by molar-refractivity contribution is 5.76. The lowest BCUT2D eigenvalue weighted by Gasteiger charge is -2.12. The summed E-state index contributed by atoms with van der Waals surface area (Å²) in [5.41, 5.74) is 4.89. The van der Waals surface area contributed by atoms with Crippen LogP contribution in [0.1, 0.15) is 16.7 Å². The van der Waals surface area contributed by atoms with Crippen LogP contribution in [-0.2, 0) is 6.61 Å². The van der Waals surface area contributed by atoms with Gasteiger partial charge in [0.25, 0.3) is 0 Å². The summed E-state index contributed by atoms with van der Waals surface area (Å²) in [7, 11) is 0. The monoisotopic (exact) mass is 345 g/mol. The summed E-state index contributed by atoms with van der Waals surface area (Å²) in [6.45, 7) is 2.49. The van der Waals surface area contributed by atoms with Gasteiger partial charge in [0.15, 0.2) is 0 Å². The van der Waals surface area contributed by atoms with Gasteiger partial charge in [-0.15, -0.1) is 0 Å². The lowest BCUT2D eigenvalue weighted by atomic mass is 9.98. The highest BCUT2D eigenvalue weighted by Gasteiger charge is 2.07. The van der Waals surface area contributed by atoms with Crippen LogP contribution in [0.5, 0.6) is 5.75 Å². The van der Waals surface area contributed by atoms with Gasteiger partial charge in [0, 0.05) is 6.08 Å². The molecule has 0 radical (unpaired) electrons. The SMILES string of the molecule is Cc1cccc(-c2cc(OCc3ccccc3)ccc2C=C[N+](=O)[O-])c1. The average molecular weight is 345 g/mol. The normalized spacial score (nSPS) is 10.8. The molecule has 0 unspecified atom stereocenters. The second-order valence-corrected chi connectivity index (χ2v) is 5.99. The predicted octanol–water partition coefficient (Wildman–Crippen LogP) is 5.49. The fraction of sp³-hybridized carbons (Fsp3) is 0.0909. The minimum atomic E-state index is -0.458. The molecule has 0 aromatic heterocycles. The molecule has 0 fully saturated rings. The Labute approximate surface area is 152 Å². The molecule has 0 aliphatic carbocycles. The highest BCUT2D eigenvalue weighted by Crippen LogP contribution is 2.30. The maximum Gasteiger partial charge on any atom is 0.235 e. The fourth-order valence-corrected chi connectivity index (χ4v) is 2.72. The third kappa shape index (κ3) is 4.57. The molecule has 4 nitrogen and oxygen atoms in total. The minimum absolute atomic E-state index is 0.458. The van der Waals surface area contributed by atoms with Crippen LogP contribution in [-0.4, -0.2) is 4.92 Å². The van der Waals surface area contributed by atoms with Crippen molar-refractivity contribution < 1.29 is 9.66 Å². The largest absolute Gasteiger partial charge is 0.489 e. The van der Waals surface area contributed by atoms with Gasteiger partial charge in [-0.2, -0.15) is 0 Å². The Kier molecular flexibility index (Phi) is 5.44. The van der Waals surface area contributed by atoms with Gasteiger partial charge in [-0.1, -0.05) is 66.2 Å². The molecule has 26 heavy (non-hydrogen) atoms. The topological polar surface area (TPSA) is 52.4 Å². The van der Waals surface area contributed by atoms with Gasteiger partial charge in [0.05, 0.1) is 4.92 Å². The van der Waals surface area contributed by atoms with Gasteiger partial charge in [-0.05, 0) is 41.3 Å². The van der Waals surface area contributed by atoms with Crippen LogP contribution in [0.3, 0.4) is 0 Å². The molecule has 0 saturated carbocycles. The van der Waals surface area contributed by atoms with E-state index in [1.54, 1.807) is 0 Å². The summed E-state index contributed by atoms with van der Waals surface area (Å²) in [4.78, 5) is 10.2. The smallest absolute Gasteiger partial charge is 0.235 e. The van der Waals surface area contributed by atoms with Gasteiger partial charge < -0.3 is 4.74 Å². The lowest BCUT2D eigenvalue weighted by molar-refractivity contribution is -0.400. The van der Waals surface area contributed by atoms with Crippen molar-refractivity contribution in [3.8, 4) is 16.9 Å². The molecule has 0 amide bonds. The van der Waals surface area contributed by atoms with E-state index in [4.69, 9.17) is 4.74 Å². The Hall–Kier alpha value is -3.40. The first-order valence-electron chi connectivity index (χ1n) is 8.31. The summed E-state index contributed by atoms with van der Waals surface area (Å²) < 4.78 is 5.91. The van der Waals surface area contributed by atoms with E-state index in [0.29, 0.717) is 6.61 Å². The van der Waals surface area contributed by atoms with Crippen molar-refractivity contribution >= 4 is 6.08 Å². The molecule has 4 heteroatoms. The number of aryl methyl sites for hydroxylation is 1. The molecule has 3 aromatic carbocycles. The molecule has 0 bridgehead atoms. The van der Waals surface area contributed by atoms with Gasteiger partial charge >= 0.3 is 0 Å². The Balaban J connectivity index is 1.93. The summed E-state index contributed by atoms with van der Waals surface area (Å²) in [6.07, 6.45) is 2.47. The van der Waals surface area contributed by atoms with Crippen molar-refractivity contribution in [1.82, 2.24) is 0 Å². The molecule has 130 valence electrons. The van der Waals surface area contributed by atoms with Crippen molar-refractivity contribution in [3.63, 3.8) is 0 Å². The molecule has 0 saturated heterocycles. The maximum absolute atomic E-state index is 10.7. The summed E-state index contributed by atoms with van der Waals surface area (Å²) in [5.74, 6) is 0.726. The molecule has 0 spiro atoms. The average Bonchev–Trinajstić information content (AvgIpc) is 2.66. The number of ether oxygens (including phenoxy) is 1. The minimum Gasteiger partial charge on any atom is -0.489 e. The quantitative estimate of drug-likeness (QED) is 0.438. The highest BCUT2D eigenvalue weighted by atomic mass is 16.6. The van der Waals surface area contributed by atoms with Gasteiger partial charge in [-0.25, -0.2) is 0 Å². The van der Waals surface area contributed by atoms with Crippen molar-refractivity contribution in [2.75, 3.05) is 0 Å². The molecule has 0 heterocycles. The van der Waals surface area contributed by atoms with E-state index >= 15 is 0 Å². The van der Waals surface area contributed by atoms with Gasteiger partial charge in [0.2, 0.25) is 6.20 Å². The Morgan fingerprint density at radius 1 is 1.00 bits per heavy atom. The third-order valence-electron chi connectivity index (χ3n) is 3.98. The van der Waals surface area contributed by atoms with E-state index in [1.165, 1.54) is 6.08 Å². The molecular formula is C22H19NO3. The van der Waals surface area contributed by atoms with Crippen LogP contribution in [0.2, 0.25) is 0 Å². The van der Waals surface area contributed by atoms with Crippen LogP contribution in [0, 0.1) is 17.0 Å². The van der Waals surface area contributed by atoms with Crippen molar-refractivity contribution in [1.29, 1.82) is 0 Å². The van der Waals surface area contributed by atoms with E-state index in [0.717, 1.165) is 39.8 Å². The number of nitro groups is 1. The Morgan fingerprint density at radius 2 is 1.81 bits per heavy atom. The molecule has 3 aromatic rings. The number of hydrogen-bond donors (Lipinski definition) is 0. The zero-order chi connectivity index (χ0) is 18.4. The van der Waals surface area contributed by atoms with E-state index in [9.17, 15) is 10.1 Å². The number of nitrogens with zero attached hydrogens (tertiary/aromatic N) is 1.